The van der Waals surface area contributed by atoms with Crippen molar-refractivity contribution >= 4 is 12.4 Å². The van der Waals surface area contributed by atoms with Crippen LogP contribution in [0.25, 0.3) is 0 Å². The summed E-state index contributed by atoms with van der Waals surface area (Å²) >= 11 is 0. The van der Waals surface area contributed by atoms with Crippen LogP contribution in [0.15, 0.2) is 12.7 Å². The zero-order valence-corrected chi connectivity index (χ0v) is 9.82. The van der Waals surface area contributed by atoms with Crippen molar-refractivity contribution in [1.29, 1.82) is 0 Å². The van der Waals surface area contributed by atoms with Crippen LogP contribution < -0.4 is 5.73 Å². The lowest BCUT2D eigenvalue weighted by atomic mass is 10.2. The summed E-state index contributed by atoms with van der Waals surface area (Å²) in [4.78, 5) is 18.8. The molecule has 0 bridgehead atoms. The van der Waals surface area contributed by atoms with E-state index in [0.717, 1.165) is 12.6 Å². The highest BCUT2D eigenvalue weighted by atomic mass is 16.6. The van der Waals surface area contributed by atoms with Gasteiger partial charge in [0, 0.05) is 6.08 Å². The van der Waals surface area contributed by atoms with Gasteiger partial charge in [-0.15, -0.1) is 0 Å². The number of hydrogen-bond donors (Lipinski definition) is 2. The Morgan fingerprint density at radius 3 is 1.87 bits per heavy atom. The third-order valence-corrected chi connectivity index (χ3v) is 0.573. The van der Waals surface area contributed by atoms with Crippen LogP contribution in [0.1, 0.15) is 27.7 Å². The summed E-state index contributed by atoms with van der Waals surface area (Å²) < 4.78 is 4.83. The average Bonchev–Trinajstić information content (AvgIpc) is 2.04. The lowest BCUT2D eigenvalue weighted by Crippen LogP contribution is -2.22. The lowest BCUT2D eigenvalue weighted by Gasteiger charge is -2.17. The fraction of sp³-hybridized carbons (Fsp3) is 0.600. The average molecular weight is 219 g/mol. The Morgan fingerprint density at radius 2 is 1.80 bits per heavy atom. The molecule has 0 rings (SSSR count). The van der Waals surface area contributed by atoms with Crippen LogP contribution in [0.2, 0.25) is 0 Å². The molecule has 0 fully saturated rings. The van der Waals surface area contributed by atoms with Crippen molar-refractivity contribution in [2.75, 3.05) is 6.54 Å². The summed E-state index contributed by atoms with van der Waals surface area (Å²) in [7, 11) is 0. The van der Waals surface area contributed by atoms with Gasteiger partial charge >= 0.3 is 5.97 Å². The van der Waals surface area contributed by atoms with Gasteiger partial charge < -0.3 is 15.6 Å². The van der Waals surface area contributed by atoms with E-state index in [4.69, 9.17) is 20.4 Å². The molecule has 0 spiro atoms. The number of esters is 1. The Balaban J connectivity index is -0.000000200. The SMILES string of the molecule is C=CC(=O)OC(C)(C)C.CCN.O=CO. The number of hydrogen-bond acceptors (Lipinski definition) is 4. The van der Waals surface area contributed by atoms with Gasteiger partial charge in [0.05, 0.1) is 0 Å². The van der Waals surface area contributed by atoms with Gasteiger partial charge in [-0.2, -0.15) is 0 Å². The van der Waals surface area contributed by atoms with Gasteiger partial charge in [-0.1, -0.05) is 13.5 Å². The van der Waals surface area contributed by atoms with Gasteiger partial charge in [0.25, 0.3) is 6.47 Å². The Morgan fingerprint density at radius 1 is 1.53 bits per heavy atom. The van der Waals surface area contributed by atoms with E-state index in [9.17, 15) is 4.79 Å². The summed E-state index contributed by atoms with van der Waals surface area (Å²) in [5.74, 6) is -0.373. The van der Waals surface area contributed by atoms with E-state index in [1.165, 1.54) is 0 Å². The molecule has 15 heavy (non-hydrogen) atoms. The molecule has 0 amide bonds. The van der Waals surface area contributed by atoms with E-state index in [1.807, 2.05) is 27.7 Å². The second-order valence-corrected chi connectivity index (χ2v) is 3.25. The Kier molecular flexibility index (Phi) is 16.2. The fourth-order valence-corrected chi connectivity index (χ4v) is 0.343. The van der Waals surface area contributed by atoms with E-state index in [0.29, 0.717) is 0 Å². The maximum absolute atomic E-state index is 10.5. The molecule has 0 aromatic heterocycles. The van der Waals surface area contributed by atoms with Crippen LogP contribution in [0.3, 0.4) is 0 Å². The van der Waals surface area contributed by atoms with Gasteiger partial charge in [-0.25, -0.2) is 4.79 Å². The zero-order valence-electron chi connectivity index (χ0n) is 9.82. The summed E-state index contributed by atoms with van der Waals surface area (Å²) in [5.41, 5.74) is 4.45. The maximum Gasteiger partial charge on any atom is 0.330 e. The molecule has 90 valence electrons. The maximum atomic E-state index is 10.5. The molecule has 0 radical (unpaired) electrons. The number of rotatable bonds is 1. The van der Waals surface area contributed by atoms with Gasteiger partial charge in [-0.3, -0.25) is 4.79 Å². The van der Waals surface area contributed by atoms with Gasteiger partial charge in [0.1, 0.15) is 5.60 Å². The smallest absolute Gasteiger partial charge is 0.330 e. The molecule has 3 N–H and O–H groups in total. The van der Waals surface area contributed by atoms with Crippen molar-refractivity contribution in [2.24, 2.45) is 5.73 Å². The van der Waals surface area contributed by atoms with Crippen LogP contribution in [0.5, 0.6) is 0 Å². The highest BCUT2D eigenvalue weighted by Gasteiger charge is 2.12. The second kappa shape index (κ2) is 12.6. The van der Waals surface area contributed by atoms with E-state index in [2.05, 4.69) is 6.58 Å². The third kappa shape index (κ3) is 45.0. The zero-order chi connectivity index (χ0) is 12.9. The third-order valence-electron chi connectivity index (χ3n) is 0.573. The van der Waals surface area contributed by atoms with Crippen molar-refractivity contribution in [2.45, 2.75) is 33.3 Å². The molecule has 0 heterocycles. The van der Waals surface area contributed by atoms with Crippen molar-refractivity contribution in [3.63, 3.8) is 0 Å². The highest BCUT2D eigenvalue weighted by Crippen LogP contribution is 2.06. The summed E-state index contributed by atoms with van der Waals surface area (Å²) in [6.07, 6.45) is 1.16. The standard InChI is InChI=1S/C7H12O2.C2H7N.CH2O2/c1-5-6(8)9-7(2,3)4;1-2-3;2-1-3/h5H,1H2,2-4H3;2-3H2,1H3;1H,(H,2,3). The van der Waals surface area contributed by atoms with E-state index < -0.39 is 5.60 Å². The lowest BCUT2D eigenvalue weighted by molar-refractivity contribution is -0.148. The van der Waals surface area contributed by atoms with Crippen LogP contribution in [-0.4, -0.2) is 29.7 Å². The molecule has 0 atom stereocenters. The molecular weight excluding hydrogens is 198 g/mol. The first-order valence-corrected chi connectivity index (χ1v) is 4.42. The molecule has 0 aliphatic heterocycles. The Hall–Kier alpha value is -1.36. The summed E-state index contributed by atoms with van der Waals surface area (Å²) in [6.45, 7) is 11.1. The van der Waals surface area contributed by atoms with Gasteiger partial charge in [-0.05, 0) is 27.3 Å². The van der Waals surface area contributed by atoms with Crippen LogP contribution in [0.4, 0.5) is 0 Å². The molecule has 0 saturated heterocycles. The number of ether oxygens (including phenoxy) is 1. The highest BCUT2D eigenvalue weighted by molar-refractivity contribution is 5.81. The topological polar surface area (TPSA) is 89.6 Å². The summed E-state index contributed by atoms with van der Waals surface area (Å²) in [6, 6.07) is 0. The number of carbonyl (C=O) groups excluding carboxylic acids is 1. The molecule has 5 heteroatoms. The molecule has 0 aliphatic carbocycles. The van der Waals surface area contributed by atoms with Crippen LogP contribution in [0, 0.1) is 0 Å². The number of carbonyl (C=O) groups is 2. The number of nitrogens with two attached hydrogens (primary N) is 1. The van der Waals surface area contributed by atoms with E-state index >= 15 is 0 Å². The quantitative estimate of drug-likeness (QED) is 0.392. The minimum Gasteiger partial charge on any atom is -0.483 e. The molecule has 0 aliphatic rings. The molecular formula is C10H21NO4. The largest absolute Gasteiger partial charge is 0.483 e. The first-order chi connectivity index (χ1) is 6.78. The minimum absolute atomic E-state index is 0.250. The molecule has 0 aromatic rings. The first-order valence-electron chi connectivity index (χ1n) is 4.42. The van der Waals surface area contributed by atoms with Crippen molar-refractivity contribution < 1.29 is 19.4 Å². The van der Waals surface area contributed by atoms with Crippen LogP contribution >= 0.6 is 0 Å². The molecule has 5 nitrogen and oxygen atoms in total. The monoisotopic (exact) mass is 219 g/mol. The molecule has 0 saturated carbocycles. The second-order valence-electron chi connectivity index (χ2n) is 3.25. The van der Waals surface area contributed by atoms with Crippen LogP contribution in [-0.2, 0) is 14.3 Å². The van der Waals surface area contributed by atoms with Crippen molar-refractivity contribution in [1.82, 2.24) is 0 Å². The van der Waals surface area contributed by atoms with Crippen molar-refractivity contribution in [3.8, 4) is 0 Å². The normalized spacial score (nSPS) is 8.33. The predicted octanol–water partition coefficient (Wildman–Crippen LogP) is 1.18. The van der Waals surface area contributed by atoms with Gasteiger partial charge in [0.15, 0.2) is 0 Å². The van der Waals surface area contributed by atoms with Gasteiger partial charge in [0.2, 0.25) is 0 Å². The Bertz CT molecular complexity index is 173. The first kappa shape index (κ1) is 19.2. The summed E-state index contributed by atoms with van der Waals surface area (Å²) in [5, 5.41) is 6.89. The molecule has 0 aromatic carbocycles. The minimum atomic E-state index is -0.398. The van der Waals surface area contributed by atoms with E-state index in [1.54, 1.807) is 0 Å². The molecule has 0 unspecified atom stereocenters. The Labute approximate surface area is 90.9 Å². The van der Waals surface area contributed by atoms with E-state index in [-0.39, 0.29) is 12.4 Å². The van der Waals surface area contributed by atoms with Crippen molar-refractivity contribution in [3.05, 3.63) is 12.7 Å². The predicted molar refractivity (Wildman–Crippen MR) is 59.5 cm³/mol. The fourth-order valence-electron chi connectivity index (χ4n) is 0.343. The number of carboxylic acid groups (broad SMARTS) is 1.